The number of non-ortho nitro benzene ring substituents is 1. The van der Waals surface area contributed by atoms with Gasteiger partial charge in [0.2, 0.25) is 0 Å². The largest absolute Gasteiger partial charge is 0.289 e. The van der Waals surface area contributed by atoms with Crippen LogP contribution in [0.4, 0.5) is 11.4 Å². The highest BCUT2D eigenvalue weighted by Gasteiger charge is 2.46. The van der Waals surface area contributed by atoms with Gasteiger partial charge in [-0.15, -0.1) is 0 Å². The van der Waals surface area contributed by atoms with Gasteiger partial charge < -0.3 is 0 Å². The van der Waals surface area contributed by atoms with Crippen LogP contribution in [-0.2, 0) is 0 Å². The number of allylic oxidation sites excluding steroid dienone is 1. The zero-order valence-corrected chi connectivity index (χ0v) is 22.2. The molecule has 5 rings (SSSR count). The zero-order valence-electron chi connectivity index (χ0n) is 20.7. The molecule has 3 atom stereocenters. The summed E-state index contributed by atoms with van der Waals surface area (Å²) in [5.41, 5.74) is 2.02. The van der Waals surface area contributed by atoms with Crippen molar-refractivity contribution in [3.8, 4) is 0 Å². The standard InChI is InChI=1S/C28H22Cl2N4O5/c1-16-12-19(14-17-2-6-20(29)7-3-17)26-24(13-16)27(18-4-8-21(30)9-5-18)32(31-26)28(35)23-11-10-22(33(36)37)15-25(23)34(38)39/h2-11,14-16,24,27H,12-13H2,1H3/b19-14+/t16-,24+,27+/m1/s1. The summed E-state index contributed by atoms with van der Waals surface area (Å²) in [6.07, 6.45) is 3.51. The second-order valence-corrected chi connectivity index (χ2v) is 10.6. The first-order valence-corrected chi connectivity index (χ1v) is 12.9. The van der Waals surface area contributed by atoms with Crippen LogP contribution in [0.3, 0.4) is 0 Å². The van der Waals surface area contributed by atoms with E-state index in [9.17, 15) is 25.0 Å². The number of amides is 1. The molecular weight excluding hydrogens is 543 g/mol. The van der Waals surface area contributed by atoms with Crippen molar-refractivity contribution >= 4 is 52.3 Å². The van der Waals surface area contributed by atoms with Crippen LogP contribution in [0.1, 0.15) is 47.3 Å². The first-order valence-electron chi connectivity index (χ1n) is 12.2. The fourth-order valence-corrected chi connectivity index (χ4v) is 5.55. The monoisotopic (exact) mass is 564 g/mol. The Morgan fingerprint density at radius 2 is 1.62 bits per heavy atom. The van der Waals surface area contributed by atoms with Crippen LogP contribution < -0.4 is 0 Å². The number of nitro benzene ring substituents is 2. The SMILES string of the molecule is C[C@@H]1C/C(=C\c2ccc(Cl)cc2)C2=NN(C(=O)c3ccc([N+](=O)[O-])cc3[N+](=O)[O-])[C@@H](c3ccc(Cl)cc3)[C@H]2C1. The van der Waals surface area contributed by atoms with E-state index in [0.29, 0.717) is 10.0 Å². The van der Waals surface area contributed by atoms with E-state index in [1.165, 1.54) is 5.01 Å². The van der Waals surface area contributed by atoms with Crippen molar-refractivity contribution in [2.45, 2.75) is 25.8 Å². The molecule has 0 unspecified atom stereocenters. The number of carbonyl (C=O) groups excluding carboxylic acids is 1. The number of hydrogen-bond donors (Lipinski definition) is 0. The maximum Gasteiger partial charge on any atom is 0.289 e. The number of nitro groups is 2. The second kappa shape index (κ2) is 10.6. The number of benzene rings is 3. The fraction of sp³-hybridized carbons (Fsp3) is 0.214. The number of hydrazone groups is 1. The highest BCUT2D eigenvalue weighted by molar-refractivity contribution is 6.30. The lowest BCUT2D eigenvalue weighted by molar-refractivity contribution is -0.394. The first kappa shape index (κ1) is 26.5. The summed E-state index contributed by atoms with van der Waals surface area (Å²) >= 11 is 12.2. The van der Waals surface area contributed by atoms with Crippen LogP contribution in [0, 0.1) is 32.1 Å². The minimum atomic E-state index is -0.790. The normalized spacial score (nSPS) is 21.4. The molecule has 0 N–H and O–H groups in total. The zero-order chi connectivity index (χ0) is 27.8. The van der Waals surface area contributed by atoms with E-state index in [1.807, 2.05) is 30.3 Å². The van der Waals surface area contributed by atoms with Gasteiger partial charge in [-0.3, -0.25) is 25.0 Å². The minimum Gasteiger partial charge on any atom is -0.267 e. The van der Waals surface area contributed by atoms with Gasteiger partial charge >= 0.3 is 0 Å². The van der Waals surface area contributed by atoms with E-state index in [2.05, 4.69) is 6.92 Å². The van der Waals surface area contributed by atoms with Gasteiger partial charge in [-0.1, -0.05) is 54.4 Å². The summed E-state index contributed by atoms with van der Waals surface area (Å²) in [6, 6.07) is 16.9. The molecule has 3 aromatic rings. The van der Waals surface area contributed by atoms with Crippen molar-refractivity contribution in [1.29, 1.82) is 0 Å². The van der Waals surface area contributed by atoms with Crippen molar-refractivity contribution < 1.29 is 14.6 Å². The quantitative estimate of drug-likeness (QED) is 0.235. The van der Waals surface area contributed by atoms with E-state index in [-0.39, 0.29) is 17.4 Å². The Morgan fingerprint density at radius 3 is 2.23 bits per heavy atom. The molecular formula is C28H22Cl2N4O5. The smallest absolute Gasteiger partial charge is 0.267 e. The summed E-state index contributed by atoms with van der Waals surface area (Å²) < 4.78 is 0. The molecule has 0 saturated heterocycles. The van der Waals surface area contributed by atoms with Gasteiger partial charge in [0, 0.05) is 22.0 Å². The van der Waals surface area contributed by atoms with Crippen molar-refractivity contribution in [3.05, 3.63) is 119 Å². The topological polar surface area (TPSA) is 119 Å². The van der Waals surface area contributed by atoms with Gasteiger partial charge in [0.05, 0.1) is 27.7 Å². The molecule has 0 aromatic heterocycles. The highest BCUT2D eigenvalue weighted by atomic mass is 35.5. The Bertz CT molecular complexity index is 1540. The van der Waals surface area contributed by atoms with E-state index in [4.69, 9.17) is 28.3 Å². The van der Waals surface area contributed by atoms with Crippen molar-refractivity contribution in [3.63, 3.8) is 0 Å². The van der Waals surface area contributed by atoms with E-state index in [1.54, 1.807) is 24.3 Å². The molecule has 0 spiro atoms. The first-order chi connectivity index (χ1) is 18.6. The molecule has 1 aliphatic heterocycles. The Hall–Kier alpha value is -4.08. The van der Waals surface area contributed by atoms with Gasteiger partial charge in [0.15, 0.2) is 0 Å². The summed E-state index contributed by atoms with van der Waals surface area (Å²) in [7, 11) is 0. The molecule has 1 fully saturated rings. The van der Waals surface area contributed by atoms with Gasteiger partial charge in [0.1, 0.15) is 5.56 Å². The number of nitrogens with zero attached hydrogens (tertiary/aromatic N) is 4. The van der Waals surface area contributed by atoms with Gasteiger partial charge in [0.25, 0.3) is 17.3 Å². The van der Waals surface area contributed by atoms with E-state index in [0.717, 1.165) is 53.5 Å². The van der Waals surface area contributed by atoms with Crippen LogP contribution in [0.5, 0.6) is 0 Å². The highest BCUT2D eigenvalue weighted by Crippen LogP contribution is 2.47. The third-order valence-corrected chi connectivity index (χ3v) is 7.52. The average Bonchev–Trinajstić information content (AvgIpc) is 3.29. The van der Waals surface area contributed by atoms with E-state index < -0.39 is 33.2 Å². The van der Waals surface area contributed by atoms with E-state index >= 15 is 0 Å². The number of hydrogen-bond acceptors (Lipinski definition) is 6. The maximum absolute atomic E-state index is 13.9. The summed E-state index contributed by atoms with van der Waals surface area (Å²) in [4.78, 5) is 35.4. The number of fused-ring (bicyclic) bond motifs is 1. The molecule has 1 aliphatic carbocycles. The molecule has 2 aliphatic rings. The lowest BCUT2D eigenvalue weighted by Crippen LogP contribution is -2.33. The van der Waals surface area contributed by atoms with Gasteiger partial charge in [-0.05, 0) is 71.9 Å². The predicted molar refractivity (Wildman–Crippen MR) is 149 cm³/mol. The summed E-state index contributed by atoms with van der Waals surface area (Å²) in [5, 5.41) is 30.2. The Kier molecular flexibility index (Phi) is 7.20. The van der Waals surface area contributed by atoms with Crippen molar-refractivity contribution in [2.75, 3.05) is 0 Å². The molecule has 3 aromatic carbocycles. The van der Waals surface area contributed by atoms with Gasteiger partial charge in [-0.25, -0.2) is 5.01 Å². The third-order valence-electron chi connectivity index (χ3n) is 7.01. The molecule has 1 saturated carbocycles. The van der Waals surface area contributed by atoms with Crippen molar-refractivity contribution in [2.24, 2.45) is 16.9 Å². The van der Waals surface area contributed by atoms with Crippen LogP contribution >= 0.6 is 23.2 Å². The second-order valence-electron chi connectivity index (χ2n) is 9.72. The maximum atomic E-state index is 13.9. The fourth-order valence-electron chi connectivity index (χ4n) is 5.30. The molecule has 11 heteroatoms. The molecule has 39 heavy (non-hydrogen) atoms. The Labute approximate surface area is 233 Å². The third kappa shape index (κ3) is 5.28. The lowest BCUT2D eigenvalue weighted by Gasteiger charge is -2.32. The van der Waals surface area contributed by atoms with Crippen LogP contribution in [-0.4, -0.2) is 26.5 Å². The lowest BCUT2D eigenvalue weighted by atomic mass is 9.73. The number of rotatable bonds is 5. The molecule has 1 heterocycles. The van der Waals surface area contributed by atoms with Gasteiger partial charge in [-0.2, -0.15) is 5.10 Å². The van der Waals surface area contributed by atoms with Crippen LogP contribution in [0.2, 0.25) is 10.0 Å². The molecule has 198 valence electrons. The predicted octanol–water partition coefficient (Wildman–Crippen LogP) is 7.49. The molecule has 0 radical (unpaired) electrons. The number of carbonyl (C=O) groups is 1. The molecule has 9 nitrogen and oxygen atoms in total. The minimum absolute atomic E-state index is 0.172. The Morgan fingerprint density at radius 1 is 0.974 bits per heavy atom. The summed E-state index contributed by atoms with van der Waals surface area (Å²) in [5.74, 6) is -0.600. The van der Waals surface area contributed by atoms with Crippen molar-refractivity contribution in [1.82, 2.24) is 5.01 Å². The molecule has 1 amide bonds. The Balaban J connectivity index is 1.64. The van der Waals surface area contributed by atoms with Crippen LogP contribution in [0.15, 0.2) is 77.4 Å². The summed E-state index contributed by atoms with van der Waals surface area (Å²) in [6.45, 7) is 2.14. The molecule has 0 bridgehead atoms. The average molecular weight is 565 g/mol. The van der Waals surface area contributed by atoms with Crippen LogP contribution in [0.25, 0.3) is 6.08 Å². The number of halogens is 2.